The molecule has 0 spiro atoms. The smallest absolute Gasteiger partial charge is 0.236 e. The van der Waals surface area contributed by atoms with Gasteiger partial charge < -0.3 is 4.90 Å². The van der Waals surface area contributed by atoms with Crippen molar-refractivity contribution in [3.8, 4) is 0 Å². The van der Waals surface area contributed by atoms with Crippen LogP contribution in [0.3, 0.4) is 0 Å². The molecular formula is C12H22BrNO. The van der Waals surface area contributed by atoms with Gasteiger partial charge in [-0.3, -0.25) is 4.79 Å². The first-order valence-electron chi connectivity index (χ1n) is 5.99. The van der Waals surface area contributed by atoms with Gasteiger partial charge in [0.25, 0.3) is 0 Å². The van der Waals surface area contributed by atoms with Crippen LogP contribution in [0.25, 0.3) is 0 Å². The fourth-order valence-electron chi connectivity index (χ4n) is 1.63. The first kappa shape index (κ1) is 13.0. The number of carbonyl (C=O) groups excluding carboxylic acids is 1. The predicted molar refractivity (Wildman–Crippen MR) is 67.1 cm³/mol. The van der Waals surface area contributed by atoms with Gasteiger partial charge >= 0.3 is 0 Å². The topological polar surface area (TPSA) is 20.3 Å². The standard InChI is InChI=1S/C12H22BrNO/c1-4-7-14(8-10-5-6-10)12(15)11(13)9(2)3/h9-11H,4-8H2,1-3H3. The van der Waals surface area contributed by atoms with E-state index < -0.39 is 0 Å². The normalized spacial score (nSPS) is 17.9. The van der Waals surface area contributed by atoms with Crippen molar-refractivity contribution >= 4 is 21.8 Å². The minimum Gasteiger partial charge on any atom is -0.341 e. The van der Waals surface area contributed by atoms with E-state index in [1.54, 1.807) is 0 Å². The molecule has 1 aliphatic rings. The van der Waals surface area contributed by atoms with E-state index in [2.05, 4.69) is 36.7 Å². The highest BCUT2D eigenvalue weighted by Gasteiger charge is 2.29. The van der Waals surface area contributed by atoms with Crippen LogP contribution < -0.4 is 0 Å². The Morgan fingerprint density at radius 1 is 1.47 bits per heavy atom. The minimum atomic E-state index is -0.0113. The van der Waals surface area contributed by atoms with Crippen LogP contribution in [0.5, 0.6) is 0 Å². The second-order valence-electron chi connectivity index (χ2n) is 4.87. The van der Waals surface area contributed by atoms with E-state index in [1.807, 2.05) is 4.90 Å². The van der Waals surface area contributed by atoms with Gasteiger partial charge in [-0.1, -0.05) is 36.7 Å². The van der Waals surface area contributed by atoms with E-state index in [1.165, 1.54) is 12.8 Å². The molecule has 1 aliphatic carbocycles. The summed E-state index contributed by atoms with van der Waals surface area (Å²) in [4.78, 5) is 14.1. The molecule has 0 aromatic rings. The van der Waals surface area contributed by atoms with Crippen molar-refractivity contribution in [1.82, 2.24) is 4.90 Å². The van der Waals surface area contributed by atoms with Crippen molar-refractivity contribution in [3.63, 3.8) is 0 Å². The van der Waals surface area contributed by atoms with Crippen LogP contribution in [-0.2, 0) is 4.79 Å². The summed E-state index contributed by atoms with van der Waals surface area (Å²) in [6.45, 7) is 8.18. The number of rotatable bonds is 6. The maximum atomic E-state index is 12.1. The fraction of sp³-hybridized carbons (Fsp3) is 0.917. The van der Waals surface area contributed by atoms with Crippen molar-refractivity contribution in [2.75, 3.05) is 13.1 Å². The first-order chi connectivity index (χ1) is 7.06. The second kappa shape index (κ2) is 5.88. The van der Waals surface area contributed by atoms with E-state index in [4.69, 9.17) is 0 Å². The number of alkyl halides is 1. The number of hydrogen-bond donors (Lipinski definition) is 0. The molecule has 0 aromatic heterocycles. The Morgan fingerprint density at radius 3 is 2.47 bits per heavy atom. The van der Waals surface area contributed by atoms with Crippen LogP contribution in [0.1, 0.15) is 40.0 Å². The third kappa shape index (κ3) is 4.13. The molecule has 15 heavy (non-hydrogen) atoms. The average molecular weight is 276 g/mol. The first-order valence-corrected chi connectivity index (χ1v) is 6.90. The molecule has 1 amide bonds. The Hall–Kier alpha value is -0.0500. The summed E-state index contributed by atoms with van der Waals surface area (Å²) in [6, 6.07) is 0. The minimum absolute atomic E-state index is 0.0113. The molecule has 0 aliphatic heterocycles. The maximum absolute atomic E-state index is 12.1. The second-order valence-corrected chi connectivity index (χ2v) is 5.86. The van der Waals surface area contributed by atoms with Crippen molar-refractivity contribution in [2.45, 2.75) is 44.9 Å². The summed E-state index contributed by atoms with van der Waals surface area (Å²) >= 11 is 3.50. The Morgan fingerprint density at radius 2 is 2.07 bits per heavy atom. The average Bonchev–Trinajstić information content (AvgIpc) is 2.98. The van der Waals surface area contributed by atoms with Gasteiger partial charge in [0.2, 0.25) is 5.91 Å². The third-order valence-electron chi connectivity index (χ3n) is 2.80. The summed E-state index contributed by atoms with van der Waals surface area (Å²) in [5.41, 5.74) is 0. The summed E-state index contributed by atoms with van der Waals surface area (Å²) in [7, 11) is 0. The maximum Gasteiger partial charge on any atom is 0.236 e. The molecule has 1 saturated carbocycles. The number of hydrogen-bond acceptors (Lipinski definition) is 1. The Kier molecular flexibility index (Phi) is 5.10. The zero-order chi connectivity index (χ0) is 11.4. The van der Waals surface area contributed by atoms with Crippen LogP contribution in [0, 0.1) is 11.8 Å². The highest BCUT2D eigenvalue weighted by Crippen LogP contribution is 2.30. The van der Waals surface area contributed by atoms with Gasteiger partial charge in [-0.05, 0) is 31.1 Å². The summed E-state index contributed by atoms with van der Waals surface area (Å²) in [5.74, 6) is 1.43. The van der Waals surface area contributed by atoms with E-state index in [-0.39, 0.29) is 10.7 Å². The van der Waals surface area contributed by atoms with Crippen molar-refractivity contribution in [3.05, 3.63) is 0 Å². The lowest BCUT2D eigenvalue weighted by Crippen LogP contribution is -2.40. The lowest BCUT2D eigenvalue weighted by Gasteiger charge is -2.26. The summed E-state index contributed by atoms with van der Waals surface area (Å²) < 4.78 is 0. The van der Waals surface area contributed by atoms with E-state index in [9.17, 15) is 4.79 Å². The molecule has 0 aromatic carbocycles. The van der Waals surface area contributed by atoms with Crippen LogP contribution in [-0.4, -0.2) is 28.7 Å². The summed E-state index contributed by atoms with van der Waals surface area (Å²) in [6.07, 6.45) is 3.67. The van der Waals surface area contributed by atoms with Gasteiger partial charge in [0.15, 0.2) is 0 Å². The molecule has 0 radical (unpaired) electrons. The Labute approximate surface area is 102 Å². The molecule has 0 N–H and O–H groups in total. The molecule has 0 bridgehead atoms. The van der Waals surface area contributed by atoms with E-state index in [0.29, 0.717) is 5.92 Å². The molecule has 2 nitrogen and oxygen atoms in total. The van der Waals surface area contributed by atoms with Gasteiger partial charge in [-0.25, -0.2) is 0 Å². The van der Waals surface area contributed by atoms with Crippen LogP contribution in [0.4, 0.5) is 0 Å². The molecule has 0 saturated heterocycles. The molecule has 1 atom stereocenters. The van der Waals surface area contributed by atoms with Crippen LogP contribution in [0.2, 0.25) is 0 Å². The largest absolute Gasteiger partial charge is 0.341 e. The summed E-state index contributed by atoms with van der Waals surface area (Å²) in [5, 5.41) is 0. The number of carbonyl (C=O) groups is 1. The lowest BCUT2D eigenvalue weighted by molar-refractivity contribution is -0.131. The van der Waals surface area contributed by atoms with Gasteiger partial charge in [0.05, 0.1) is 4.83 Å². The third-order valence-corrected chi connectivity index (χ3v) is 4.25. The number of nitrogens with zero attached hydrogens (tertiary/aromatic N) is 1. The SMILES string of the molecule is CCCN(CC1CC1)C(=O)C(Br)C(C)C. The molecule has 88 valence electrons. The Balaban J connectivity index is 2.48. The Bertz CT molecular complexity index is 214. The van der Waals surface area contributed by atoms with Gasteiger partial charge in [0.1, 0.15) is 0 Å². The van der Waals surface area contributed by atoms with Crippen molar-refractivity contribution in [1.29, 1.82) is 0 Å². The highest BCUT2D eigenvalue weighted by molar-refractivity contribution is 9.10. The highest BCUT2D eigenvalue weighted by atomic mass is 79.9. The van der Waals surface area contributed by atoms with E-state index >= 15 is 0 Å². The number of halogens is 1. The zero-order valence-electron chi connectivity index (χ0n) is 10.0. The molecule has 0 heterocycles. The quantitative estimate of drug-likeness (QED) is 0.683. The molecule has 3 heteroatoms. The molecule has 1 rings (SSSR count). The zero-order valence-corrected chi connectivity index (χ0v) is 11.6. The van der Waals surface area contributed by atoms with Crippen LogP contribution >= 0.6 is 15.9 Å². The van der Waals surface area contributed by atoms with Crippen molar-refractivity contribution in [2.24, 2.45) is 11.8 Å². The molecule has 1 fully saturated rings. The van der Waals surface area contributed by atoms with Gasteiger partial charge in [-0.2, -0.15) is 0 Å². The number of amides is 1. The van der Waals surface area contributed by atoms with Crippen molar-refractivity contribution < 1.29 is 4.79 Å². The van der Waals surface area contributed by atoms with E-state index in [0.717, 1.165) is 25.4 Å². The molecular weight excluding hydrogens is 254 g/mol. The predicted octanol–water partition coefficient (Wildman–Crippen LogP) is 3.05. The fourth-order valence-corrected chi connectivity index (χ4v) is 1.92. The lowest BCUT2D eigenvalue weighted by atomic mass is 10.1. The van der Waals surface area contributed by atoms with Crippen LogP contribution in [0.15, 0.2) is 0 Å². The monoisotopic (exact) mass is 275 g/mol. The van der Waals surface area contributed by atoms with Gasteiger partial charge in [-0.15, -0.1) is 0 Å². The van der Waals surface area contributed by atoms with Gasteiger partial charge in [0, 0.05) is 13.1 Å². The molecule has 1 unspecified atom stereocenters.